The molecule has 2 aromatic carbocycles. The average molecular weight is 285 g/mol. The van der Waals surface area contributed by atoms with Crippen molar-refractivity contribution >= 4 is 5.91 Å². The van der Waals surface area contributed by atoms with E-state index in [4.69, 9.17) is 0 Å². The fourth-order valence-corrected chi connectivity index (χ4v) is 2.46. The monoisotopic (exact) mass is 285 g/mol. The van der Waals surface area contributed by atoms with Gasteiger partial charge in [0.15, 0.2) is 0 Å². The van der Waals surface area contributed by atoms with Gasteiger partial charge in [0.2, 0.25) is 0 Å². The van der Waals surface area contributed by atoms with Crippen LogP contribution in [-0.4, -0.2) is 5.91 Å². The highest BCUT2D eigenvalue weighted by Gasteiger charge is 2.15. The molecule has 0 saturated carbocycles. The highest BCUT2D eigenvalue weighted by atomic mass is 19.1. The molecule has 2 nitrogen and oxygen atoms in total. The smallest absolute Gasteiger partial charge is 0.252 e. The van der Waals surface area contributed by atoms with Crippen molar-refractivity contribution in [2.24, 2.45) is 0 Å². The van der Waals surface area contributed by atoms with Crippen LogP contribution in [0.5, 0.6) is 0 Å². The van der Waals surface area contributed by atoms with Gasteiger partial charge in [0.25, 0.3) is 5.91 Å². The van der Waals surface area contributed by atoms with E-state index >= 15 is 0 Å². The van der Waals surface area contributed by atoms with Crippen LogP contribution in [0.4, 0.5) is 4.39 Å². The summed E-state index contributed by atoms with van der Waals surface area (Å²) < 4.78 is 13.1. The number of amides is 1. The van der Waals surface area contributed by atoms with Gasteiger partial charge in [0.1, 0.15) is 5.82 Å². The first-order chi connectivity index (χ1) is 9.88. The number of hydrogen-bond donors (Lipinski definition) is 1. The second kappa shape index (κ2) is 6.08. The Morgan fingerprint density at radius 3 is 2.43 bits per heavy atom. The Morgan fingerprint density at radius 2 is 1.76 bits per heavy atom. The first-order valence-corrected chi connectivity index (χ1v) is 7.02. The fraction of sp³-hybridized carbons (Fsp3) is 0.278. The molecule has 1 amide bonds. The first kappa shape index (κ1) is 15.2. The van der Waals surface area contributed by atoms with Gasteiger partial charge in [0, 0.05) is 5.56 Å². The van der Waals surface area contributed by atoms with Crippen LogP contribution in [0.1, 0.15) is 45.6 Å². The molecule has 0 aromatic heterocycles. The third kappa shape index (κ3) is 3.48. The summed E-state index contributed by atoms with van der Waals surface area (Å²) in [6.45, 7) is 7.75. The predicted octanol–water partition coefficient (Wildman–Crippen LogP) is 4.24. The Hall–Kier alpha value is -2.16. The Kier molecular flexibility index (Phi) is 4.41. The predicted molar refractivity (Wildman–Crippen MR) is 82.9 cm³/mol. The first-order valence-electron chi connectivity index (χ1n) is 7.02. The van der Waals surface area contributed by atoms with Crippen molar-refractivity contribution in [1.29, 1.82) is 0 Å². The molecule has 0 bridgehead atoms. The van der Waals surface area contributed by atoms with Gasteiger partial charge in [-0.25, -0.2) is 4.39 Å². The van der Waals surface area contributed by atoms with Gasteiger partial charge in [-0.1, -0.05) is 23.8 Å². The number of aryl methyl sites for hydroxylation is 3. The normalized spacial score (nSPS) is 12.0. The van der Waals surface area contributed by atoms with Crippen LogP contribution < -0.4 is 5.32 Å². The van der Waals surface area contributed by atoms with Crippen molar-refractivity contribution in [1.82, 2.24) is 5.32 Å². The van der Waals surface area contributed by atoms with Gasteiger partial charge in [-0.15, -0.1) is 0 Å². The van der Waals surface area contributed by atoms with Crippen LogP contribution in [0.3, 0.4) is 0 Å². The third-order valence-electron chi connectivity index (χ3n) is 3.68. The lowest BCUT2D eigenvalue weighted by Gasteiger charge is -2.18. The second-order valence-electron chi connectivity index (χ2n) is 5.51. The van der Waals surface area contributed by atoms with E-state index < -0.39 is 0 Å². The summed E-state index contributed by atoms with van der Waals surface area (Å²) in [7, 11) is 0. The summed E-state index contributed by atoms with van der Waals surface area (Å²) in [5.41, 5.74) is 4.55. The van der Waals surface area contributed by atoms with Crippen LogP contribution in [0.25, 0.3) is 0 Å². The van der Waals surface area contributed by atoms with E-state index in [-0.39, 0.29) is 17.8 Å². The summed E-state index contributed by atoms with van der Waals surface area (Å²) in [6, 6.07) is 10.3. The maximum Gasteiger partial charge on any atom is 0.252 e. The van der Waals surface area contributed by atoms with Crippen LogP contribution >= 0.6 is 0 Å². The van der Waals surface area contributed by atoms with Crippen LogP contribution in [0, 0.1) is 26.6 Å². The minimum Gasteiger partial charge on any atom is -0.345 e. The van der Waals surface area contributed by atoms with Crippen molar-refractivity contribution in [3.63, 3.8) is 0 Å². The quantitative estimate of drug-likeness (QED) is 0.897. The topological polar surface area (TPSA) is 29.1 Å². The molecule has 2 rings (SSSR count). The summed E-state index contributed by atoms with van der Waals surface area (Å²) in [4.78, 5) is 12.3. The van der Waals surface area contributed by atoms with E-state index in [1.54, 1.807) is 6.92 Å². The van der Waals surface area contributed by atoms with Gasteiger partial charge in [-0.05, 0) is 62.6 Å². The number of carbonyl (C=O) groups excluding carboxylic acids is 1. The van der Waals surface area contributed by atoms with Gasteiger partial charge in [0.05, 0.1) is 6.04 Å². The van der Waals surface area contributed by atoms with Crippen LogP contribution in [0.15, 0.2) is 36.4 Å². The zero-order valence-electron chi connectivity index (χ0n) is 12.8. The Balaban J connectivity index is 2.20. The fourth-order valence-electron chi connectivity index (χ4n) is 2.46. The Bertz CT molecular complexity index is 679. The van der Waals surface area contributed by atoms with Crippen molar-refractivity contribution in [3.05, 3.63) is 70.0 Å². The van der Waals surface area contributed by atoms with E-state index in [0.29, 0.717) is 11.1 Å². The van der Waals surface area contributed by atoms with Crippen molar-refractivity contribution in [2.45, 2.75) is 33.7 Å². The number of rotatable bonds is 3. The molecular weight excluding hydrogens is 265 g/mol. The van der Waals surface area contributed by atoms with Crippen molar-refractivity contribution < 1.29 is 9.18 Å². The lowest BCUT2D eigenvalue weighted by atomic mass is 9.99. The summed E-state index contributed by atoms with van der Waals surface area (Å²) >= 11 is 0. The third-order valence-corrected chi connectivity index (χ3v) is 3.68. The zero-order chi connectivity index (χ0) is 15.6. The van der Waals surface area contributed by atoms with E-state index in [0.717, 1.165) is 16.7 Å². The van der Waals surface area contributed by atoms with Crippen LogP contribution in [0.2, 0.25) is 0 Å². The molecule has 21 heavy (non-hydrogen) atoms. The SMILES string of the molecule is Cc1ccc(C)c(C(C)NC(=O)c2ccc(F)cc2C)c1. The number of halogens is 1. The average Bonchev–Trinajstić information content (AvgIpc) is 2.41. The summed E-state index contributed by atoms with van der Waals surface area (Å²) in [6.07, 6.45) is 0. The molecule has 1 unspecified atom stereocenters. The Labute approximate surface area is 125 Å². The zero-order valence-corrected chi connectivity index (χ0v) is 12.8. The molecule has 0 aliphatic carbocycles. The highest BCUT2D eigenvalue weighted by molar-refractivity contribution is 5.95. The van der Waals surface area contributed by atoms with E-state index in [9.17, 15) is 9.18 Å². The lowest BCUT2D eigenvalue weighted by molar-refractivity contribution is 0.0939. The summed E-state index contributed by atoms with van der Waals surface area (Å²) in [5.74, 6) is -0.507. The maximum absolute atomic E-state index is 13.1. The number of benzene rings is 2. The van der Waals surface area contributed by atoms with Gasteiger partial charge in [-0.2, -0.15) is 0 Å². The molecule has 0 radical (unpaired) electrons. The molecule has 0 saturated heterocycles. The van der Waals surface area contributed by atoms with E-state index in [2.05, 4.69) is 23.5 Å². The number of nitrogens with one attached hydrogen (secondary N) is 1. The molecule has 1 atom stereocenters. The molecule has 0 heterocycles. The van der Waals surface area contributed by atoms with Gasteiger partial charge >= 0.3 is 0 Å². The minimum atomic E-state index is -0.327. The Morgan fingerprint density at radius 1 is 1.05 bits per heavy atom. The van der Waals surface area contributed by atoms with E-state index in [1.165, 1.54) is 18.2 Å². The minimum absolute atomic E-state index is 0.0955. The van der Waals surface area contributed by atoms with Crippen LogP contribution in [-0.2, 0) is 0 Å². The van der Waals surface area contributed by atoms with E-state index in [1.807, 2.05) is 20.8 Å². The molecular formula is C18H20FNO. The van der Waals surface area contributed by atoms with Gasteiger partial charge < -0.3 is 5.32 Å². The molecule has 0 aliphatic heterocycles. The lowest BCUT2D eigenvalue weighted by Crippen LogP contribution is -2.27. The number of hydrogen-bond acceptors (Lipinski definition) is 1. The molecule has 0 fully saturated rings. The van der Waals surface area contributed by atoms with Crippen molar-refractivity contribution in [2.75, 3.05) is 0 Å². The molecule has 3 heteroatoms. The largest absolute Gasteiger partial charge is 0.345 e. The van der Waals surface area contributed by atoms with Crippen molar-refractivity contribution in [3.8, 4) is 0 Å². The molecule has 2 aromatic rings. The number of carbonyl (C=O) groups is 1. The highest BCUT2D eigenvalue weighted by Crippen LogP contribution is 2.20. The molecule has 0 aliphatic rings. The molecule has 1 N–H and O–H groups in total. The standard InChI is InChI=1S/C18H20FNO/c1-11-5-6-12(2)17(9-11)14(4)20-18(21)16-8-7-15(19)10-13(16)3/h5-10,14H,1-4H3,(H,20,21). The molecule has 110 valence electrons. The van der Waals surface area contributed by atoms with Gasteiger partial charge in [-0.3, -0.25) is 4.79 Å². The second-order valence-corrected chi connectivity index (χ2v) is 5.51. The molecule has 0 spiro atoms. The maximum atomic E-state index is 13.1. The summed E-state index contributed by atoms with van der Waals surface area (Å²) in [5, 5.41) is 2.98.